The Morgan fingerprint density at radius 1 is 1.04 bits per heavy atom. The van der Waals surface area contributed by atoms with E-state index in [1.807, 2.05) is 0 Å². The summed E-state index contributed by atoms with van der Waals surface area (Å²) in [5.41, 5.74) is -0.0651. The summed E-state index contributed by atoms with van der Waals surface area (Å²) in [5, 5.41) is 0. The maximum absolute atomic E-state index is 13.6. The number of esters is 1. The van der Waals surface area contributed by atoms with Crippen molar-refractivity contribution in [3.63, 3.8) is 0 Å². The zero-order chi connectivity index (χ0) is 20.3. The highest BCUT2D eigenvalue weighted by Gasteiger charge is 2.32. The molecule has 0 radical (unpaired) electrons. The third-order valence-electron chi connectivity index (χ3n) is 4.64. The van der Waals surface area contributed by atoms with E-state index in [0.29, 0.717) is 0 Å². The van der Waals surface area contributed by atoms with E-state index in [0.717, 1.165) is 18.2 Å². The molecule has 9 heteroatoms. The summed E-state index contributed by atoms with van der Waals surface area (Å²) in [6.07, 6.45) is 0.482. The number of piperidine rings is 1. The van der Waals surface area contributed by atoms with Crippen molar-refractivity contribution >= 4 is 16.0 Å². The smallest absolute Gasteiger partial charge is 0.309 e. The number of carbonyl (C=O) groups is 1. The van der Waals surface area contributed by atoms with E-state index in [-0.39, 0.29) is 36.4 Å². The highest BCUT2D eigenvalue weighted by Crippen LogP contribution is 2.25. The highest BCUT2D eigenvalue weighted by atomic mass is 32.2. The van der Waals surface area contributed by atoms with E-state index in [2.05, 4.69) is 0 Å². The Labute approximate surface area is 160 Å². The standard InChI is InChI=1S/C19H18F3NO4S/c20-15-4-6-16(7-5-15)28(25,26)23-10-8-13(9-11-23)19(24)27-12-14-2-1-3-17(21)18(14)22/h1-7,13H,8-12H2. The lowest BCUT2D eigenvalue weighted by atomic mass is 9.98. The van der Waals surface area contributed by atoms with Crippen LogP contribution in [0.4, 0.5) is 13.2 Å². The van der Waals surface area contributed by atoms with Crippen LogP contribution in [-0.2, 0) is 26.2 Å². The molecule has 0 N–H and O–H groups in total. The Bertz CT molecular complexity index is 956. The first-order valence-corrected chi connectivity index (χ1v) is 10.1. The van der Waals surface area contributed by atoms with Gasteiger partial charge >= 0.3 is 5.97 Å². The van der Waals surface area contributed by atoms with Gasteiger partial charge in [0.1, 0.15) is 12.4 Å². The van der Waals surface area contributed by atoms with Crippen LogP contribution in [0.2, 0.25) is 0 Å². The maximum atomic E-state index is 13.6. The second-order valence-corrected chi connectivity index (χ2v) is 8.39. The molecule has 28 heavy (non-hydrogen) atoms. The van der Waals surface area contributed by atoms with Crippen molar-refractivity contribution in [1.29, 1.82) is 0 Å². The van der Waals surface area contributed by atoms with Gasteiger partial charge < -0.3 is 4.74 Å². The molecule has 2 aromatic carbocycles. The molecule has 0 aliphatic carbocycles. The maximum Gasteiger partial charge on any atom is 0.309 e. The van der Waals surface area contributed by atoms with Crippen LogP contribution in [0.3, 0.4) is 0 Å². The fourth-order valence-electron chi connectivity index (χ4n) is 3.01. The summed E-state index contributed by atoms with van der Waals surface area (Å²) in [7, 11) is -3.77. The van der Waals surface area contributed by atoms with Crippen molar-refractivity contribution in [2.24, 2.45) is 5.92 Å². The number of carbonyl (C=O) groups excluding carboxylic acids is 1. The monoisotopic (exact) mass is 413 g/mol. The predicted molar refractivity (Wildman–Crippen MR) is 94.0 cm³/mol. The second-order valence-electron chi connectivity index (χ2n) is 6.45. The largest absolute Gasteiger partial charge is 0.460 e. The lowest BCUT2D eigenvalue weighted by Crippen LogP contribution is -2.40. The van der Waals surface area contributed by atoms with Gasteiger partial charge in [-0.3, -0.25) is 4.79 Å². The van der Waals surface area contributed by atoms with Gasteiger partial charge in [-0.25, -0.2) is 21.6 Å². The Balaban J connectivity index is 1.56. The molecular formula is C19H18F3NO4S. The van der Waals surface area contributed by atoms with Gasteiger partial charge in [0.25, 0.3) is 0 Å². The van der Waals surface area contributed by atoms with Crippen LogP contribution in [-0.4, -0.2) is 31.8 Å². The molecule has 0 atom stereocenters. The van der Waals surface area contributed by atoms with Gasteiger partial charge in [0.15, 0.2) is 11.6 Å². The van der Waals surface area contributed by atoms with E-state index in [1.54, 1.807) is 0 Å². The molecule has 1 aliphatic rings. The topological polar surface area (TPSA) is 63.7 Å². The normalized spacial score (nSPS) is 16.1. The fraction of sp³-hybridized carbons (Fsp3) is 0.316. The SMILES string of the molecule is O=C(OCc1cccc(F)c1F)C1CCN(S(=O)(=O)c2ccc(F)cc2)CC1. The van der Waals surface area contributed by atoms with Crippen LogP contribution in [0.1, 0.15) is 18.4 Å². The van der Waals surface area contributed by atoms with Gasteiger partial charge in [-0.15, -0.1) is 0 Å². The van der Waals surface area contributed by atoms with E-state index in [1.165, 1.54) is 28.6 Å². The summed E-state index contributed by atoms with van der Waals surface area (Å²) in [6, 6.07) is 8.14. The number of benzene rings is 2. The number of nitrogens with zero attached hydrogens (tertiary/aromatic N) is 1. The molecule has 1 saturated heterocycles. The highest BCUT2D eigenvalue weighted by molar-refractivity contribution is 7.89. The minimum atomic E-state index is -3.77. The van der Waals surface area contributed by atoms with Gasteiger partial charge in [-0.05, 0) is 43.2 Å². The third kappa shape index (κ3) is 4.36. The number of hydrogen-bond donors (Lipinski definition) is 0. The van der Waals surface area contributed by atoms with Gasteiger partial charge in [0, 0.05) is 18.7 Å². The molecule has 0 unspecified atom stereocenters. The molecule has 3 rings (SSSR count). The molecule has 5 nitrogen and oxygen atoms in total. The summed E-state index contributed by atoms with van der Waals surface area (Å²) in [4.78, 5) is 12.2. The Morgan fingerprint density at radius 2 is 1.68 bits per heavy atom. The minimum absolute atomic E-state index is 0.0171. The van der Waals surface area contributed by atoms with Crippen LogP contribution >= 0.6 is 0 Å². The van der Waals surface area contributed by atoms with Gasteiger partial charge in [-0.2, -0.15) is 4.31 Å². The van der Waals surface area contributed by atoms with E-state index >= 15 is 0 Å². The molecule has 150 valence electrons. The molecule has 0 amide bonds. The molecule has 1 heterocycles. The average molecular weight is 413 g/mol. The van der Waals surface area contributed by atoms with E-state index in [4.69, 9.17) is 4.74 Å². The number of hydrogen-bond acceptors (Lipinski definition) is 4. The summed E-state index contributed by atoms with van der Waals surface area (Å²) in [5.74, 6) is -3.72. The van der Waals surface area contributed by atoms with Crippen LogP contribution in [0.5, 0.6) is 0 Å². The molecule has 0 saturated carbocycles. The van der Waals surface area contributed by atoms with Crippen LogP contribution in [0, 0.1) is 23.4 Å². The Kier molecular flexibility index (Phi) is 6.04. The Hall–Kier alpha value is -2.39. The first kappa shape index (κ1) is 20.3. The predicted octanol–water partition coefficient (Wildman–Crippen LogP) is 3.25. The molecule has 2 aromatic rings. The molecule has 0 spiro atoms. The molecule has 0 aromatic heterocycles. The van der Waals surface area contributed by atoms with Crippen LogP contribution in [0.25, 0.3) is 0 Å². The van der Waals surface area contributed by atoms with Crippen molar-refractivity contribution in [2.45, 2.75) is 24.3 Å². The zero-order valence-corrected chi connectivity index (χ0v) is 15.6. The lowest BCUT2D eigenvalue weighted by molar-refractivity contribution is -0.151. The molecule has 1 aliphatic heterocycles. The van der Waals surface area contributed by atoms with Gasteiger partial charge in [-0.1, -0.05) is 12.1 Å². The first-order chi connectivity index (χ1) is 13.3. The number of rotatable bonds is 5. The van der Waals surface area contributed by atoms with Crippen molar-refractivity contribution in [3.05, 3.63) is 65.5 Å². The third-order valence-corrected chi connectivity index (χ3v) is 6.55. The van der Waals surface area contributed by atoms with E-state index in [9.17, 15) is 26.4 Å². The number of sulfonamides is 1. The second kappa shape index (κ2) is 8.32. The van der Waals surface area contributed by atoms with Crippen molar-refractivity contribution in [2.75, 3.05) is 13.1 Å². The van der Waals surface area contributed by atoms with Crippen LogP contribution < -0.4 is 0 Å². The number of halogens is 3. The summed E-state index contributed by atoms with van der Waals surface area (Å²) < 4.78 is 71.2. The summed E-state index contributed by atoms with van der Waals surface area (Å²) >= 11 is 0. The van der Waals surface area contributed by atoms with Gasteiger partial charge in [0.05, 0.1) is 10.8 Å². The number of ether oxygens (including phenoxy) is 1. The summed E-state index contributed by atoms with van der Waals surface area (Å²) in [6.45, 7) is -0.182. The average Bonchev–Trinajstić information content (AvgIpc) is 2.69. The quantitative estimate of drug-likeness (QED) is 0.706. The molecular weight excluding hydrogens is 395 g/mol. The Morgan fingerprint density at radius 3 is 2.32 bits per heavy atom. The fourth-order valence-corrected chi connectivity index (χ4v) is 4.48. The lowest BCUT2D eigenvalue weighted by Gasteiger charge is -2.30. The minimum Gasteiger partial charge on any atom is -0.460 e. The molecule has 0 bridgehead atoms. The van der Waals surface area contributed by atoms with Crippen molar-refractivity contribution < 1.29 is 31.1 Å². The first-order valence-electron chi connectivity index (χ1n) is 8.64. The van der Waals surface area contributed by atoms with E-state index < -0.39 is 46.0 Å². The van der Waals surface area contributed by atoms with Gasteiger partial charge in [0.2, 0.25) is 10.0 Å². The van der Waals surface area contributed by atoms with Crippen molar-refractivity contribution in [1.82, 2.24) is 4.31 Å². The van der Waals surface area contributed by atoms with Crippen LogP contribution in [0.15, 0.2) is 47.4 Å². The van der Waals surface area contributed by atoms with Crippen molar-refractivity contribution in [3.8, 4) is 0 Å². The zero-order valence-electron chi connectivity index (χ0n) is 14.8. The molecule has 1 fully saturated rings.